The van der Waals surface area contributed by atoms with Crippen LogP contribution in [0, 0.1) is 0 Å². The molecule has 0 bridgehead atoms. The first-order chi connectivity index (χ1) is 17.4. The average Bonchev–Trinajstić information content (AvgIpc) is 3.27. The molecule has 1 N–H and O–H groups in total. The van der Waals surface area contributed by atoms with Gasteiger partial charge in [0.2, 0.25) is 5.88 Å². The number of nitrogens with zero attached hydrogens (tertiary/aromatic N) is 3. The Bertz CT molecular complexity index is 1330. The Hall–Kier alpha value is -3.42. The number of methoxy groups -OCH3 is 1. The molecule has 36 heavy (non-hydrogen) atoms. The van der Waals surface area contributed by atoms with Crippen molar-refractivity contribution >= 4 is 22.2 Å². The summed E-state index contributed by atoms with van der Waals surface area (Å²) >= 11 is 1.71. The van der Waals surface area contributed by atoms with Crippen LogP contribution in [-0.2, 0) is 24.9 Å². The van der Waals surface area contributed by atoms with Crippen LogP contribution < -0.4 is 14.8 Å². The summed E-state index contributed by atoms with van der Waals surface area (Å²) in [5.74, 6) is 2.25. The quantitative estimate of drug-likeness (QED) is 0.297. The predicted octanol–water partition coefficient (Wildman–Crippen LogP) is 6.94. The number of rotatable bonds is 7. The van der Waals surface area contributed by atoms with Crippen LogP contribution in [-0.4, -0.2) is 28.5 Å². The summed E-state index contributed by atoms with van der Waals surface area (Å²) in [5.41, 5.74) is 4.38. The number of anilines is 2. The van der Waals surface area contributed by atoms with E-state index in [0.717, 1.165) is 53.9 Å². The number of ether oxygens (including phenoxy) is 2. The third kappa shape index (κ3) is 5.53. The van der Waals surface area contributed by atoms with Gasteiger partial charge in [0.05, 0.1) is 12.8 Å². The van der Waals surface area contributed by atoms with Gasteiger partial charge in [-0.25, -0.2) is 9.97 Å². The fourth-order valence-electron chi connectivity index (χ4n) is 4.39. The van der Waals surface area contributed by atoms with Crippen molar-refractivity contribution < 1.29 is 9.47 Å². The molecule has 186 valence electrons. The first-order valence-electron chi connectivity index (χ1n) is 12.2. The van der Waals surface area contributed by atoms with Gasteiger partial charge in [0.25, 0.3) is 0 Å². The van der Waals surface area contributed by atoms with Crippen molar-refractivity contribution in [3.8, 4) is 17.4 Å². The highest BCUT2D eigenvalue weighted by Gasteiger charge is 2.23. The number of hydrogen-bond acceptors (Lipinski definition) is 7. The van der Waals surface area contributed by atoms with E-state index in [1.165, 1.54) is 16.1 Å². The lowest BCUT2D eigenvalue weighted by atomic mass is 9.86. The van der Waals surface area contributed by atoms with Crippen molar-refractivity contribution in [1.29, 1.82) is 0 Å². The number of fused-ring (bicyclic) bond motifs is 1. The van der Waals surface area contributed by atoms with Crippen LogP contribution in [0.1, 0.15) is 42.5 Å². The molecule has 0 radical (unpaired) electrons. The standard InChI is InChI=1S/C29H32N4O2S/c1-29(2,3)22-8-5-6-10-25(22)35-27-24(9-7-16-30-27)32-28-31-23-15-17-33(19-26(23)36-28)18-20-11-13-21(34-4)14-12-20/h5-14,16H,15,17-19H2,1-4H3,(H,31,32). The molecule has 0 amide bonds. The molecular formula is C29H32N4O2S. The molecule has 6 nitrogen and oxygen atoms in total. The maximum absolute atomic E-state index is 6.33. The number of nitrogens with one attached hydrogen (secondary N) is 1. The molecule has 0 fully saturated rings. The first kappa shape index (κ1) is 24.3. The lowest BCUT2D eigenvalue weighted by molar-refractivity contribution is 0.247. The predicted molar refractivity (Wildman–Crippen MR) is 146 cm³/mol. The van der Waals surface area contributed by atoms with E-state index in [0.29, 0.717) is 5.88 Å². The van der Waals surface area contributed by atoms with Crippen LogP contribution in [0.2, 0.25) is 0 Å². The van der Waals surface area contributed by atoms with E-state index in [1.54, 1.807) is 24.6 Å². The molecular weight excluding hydrogens is 468 g/mol. The van der Waals surface area contributed by atoms with E-state index in [-0.39, 0.29) is 5.41 Å². The second-order valence-corrected chi connectivity index (χ2v) is 11.1. The molecule has 0 spiro atoms. The molecule has 0 saturated heterocycles. The summed E-state index contributed by atoms with van der Waals surface area (Å²) in [6, 6.07) is 20.4. The van der Waals surface area contributed by atoms with E-state index >= 15 is 0 Å². The summed E-state index contributed by atoms with van der Waals surface area (Å²) in [4.78, 5) is 13.2. The number of benzene rings is 2. The Morgan fingerprint density at radius 1 is 1.03 bits per heavy atom. The highest BCUT2D eigenvalue weighted by Crippen LogP contribution is 2.37. The van der Waals surface area contributed by atoms with E-state index < -0.39 is 0 Å². The lowest BCUT2D eigenvalue weighted by Gasteiger charge is -2.25. The van der Waals surface area contributed by atoms with Crippen LogP contribution in [0.15, 0.2) is 66.9 Å². The van der Waals surface area contributed by atoms with Gasteiger partial charge in [0, 0.05) is 42.7 Å². The number of pyridine rings is 1. The largest absolute Gasteiger partial charge is 0.497 e. The van der Waals surface area contributed by atoms with Crippen molar-refractivity contribution in [3.05, 3.63) is 88.6 Å². The van der Waals surface area contributed by atoms with Crippen molar-refractivity contribution in [2.75, 3.05) is 19.0 Å². The van der Waals surface area contributed by atoms with Crippen LogP contribution in [0.4, 0.5) is 10.8 Å². The van der Waals surface area contributed by atoms with Crippen molar-refractivity contribution in [1.82, 2.24) is 14.9 Å². The molecule has 5 rings (SSSR count). The van der Waals surface area contributed by atoms with Crippen LogP contribution >= 0.6 is 11.3 Å². The van der Waals surface area contributed by atoms with Gasteiger partial charge in [0.1, 0.15) is 17.2 Å². The van der Waals surface area contributed by atoms with Gasteiger partial charge in [-0.3, -0.25) is 4.90 Å². The molecule has 1 aliphatic heterocycles. The van der Waals surface area contributed by atoms with Crippen LogP contribution in [0.3, 0.4) is 0 Å². The number of thiazole rings is 1. The van der Waals surface area contributed by atoms with Gasteiger partial charge < -0.3 is 14.8 Å². The minimum Gasteiger partial charge on any atom is -0.497 e. The smallest absolute Gasteiger partial charge is 0.243 e. The maximum Gasteiger partial charge on any atom is 0.243 e. The Kier molecular flexibility index (Phi) is 6.94. The van der Waals surface area contributed by atoms with E-state index in [4.69, 9.17) is 14.5 Å². The van der Waals surface area contributed by atoms with Crippen molar-refractivity contribution in [3.63, 3.8) is 0 Å². The fourth-order valence-corrected chi connectivity index (χ4v) is 5.45. The van der Waals surface area contributed by atoms with Crippen molar-refractivity contribution in [2.24, 2.45) is 0 Å². The molecule has 0 aliphatic carbocycles. The average molecular weight is 501 g/mol. The Labute approximate surface area is 216 Å². The second-order valence-electron chi connectivity index (χ2n) is 10.0. The zero-order valence-corrected chi connectivity index (χ0v) is 22.1. The first-order valence-corrected chi connectivity index (χ1v) is 13.0. The van der Waals surface area contributed by atoms with Crippen molar-refractivity contribution in [2.45, 2.75) is 45.7 Å². The second kappa shape index (κ2) is 10.3. The number of hydrogen-bond donors (Lipinski definition) is 1. The van der Waals surface area contributed by atoms with E-state index in [2.05, 4.69) is 54.2 Å². The van der Waals surface area contributed by atoms with Gasteiger partial charge in [-0.1, -0.05) is 51.1 Å². The zero-order valence-electron chi connectivity index (χ0n) is 21.2. The van der Waals surface area contributed by atoms with Gasteiger partial charge in [-0.2, -0.15) is 0 Å². The Morgan fingerprint density at radius 3 is 2.61 bits per heavy atom. The van der Waals surface area contributed by atoms with Gasteiger partial charge in [0.15, 0.2) is 5.13 Å². The highest BCUT2D eigenvalue weighted by molar-refractivity contribution is 7.15. The van der Waals surface area contributed by atoms with Gasteiger partial charge in [-0.05, 0) is 41.3 Å². The van der Waals surface area contributed by atoms with Crippen LogP contribution in [0.25, 0.3) is 0 Å². The molecule has 1 aliphatic rings. The SMILES string of the molecule is COc1ccc(CN2CCc3nc(Nc4cccnc4Oc4ccccc4C(C)(C)C)sc3C2)cc1. The summed E-state index contributed by atoms with van der Waals surface area (Å²) in [7, 11) is 1.70. The molecule has 4 aromatic rings. The Balaban J connectivity index is 1.30. The molecule has 2 aromatic carbocycles. The monoisotopic (exact) mass is 500 g/mol. The number of aromatic nitrogens is 2. The lowest BCUT2D eigenvalue weighted by Crippen LogP contribution is -2.29. The van der Waals surface area contributed by atoms with E-state index in [1.807, 2.05) is 42.5 Å². The molecule has 0 unspecified atom stereocenters. The normalized spacial score (nSPS) is 13.8. The minimum absolute atomic E-state index is 0.0367. The molecule has 0 saturated carbocycles. The summed E-state index contributed by atoms with van der Waals surface area (Å²) in [6.45, 7) is 9.36. The van der Waals surface area contributed by atoms with Crippen LogP contribution in [0.5, 0.6) is 17.4 Å². The van der Waals surface area contributed by atoms with Gasteiger partial charge in [-0.15, -0.1) is 11.3 Å². The fraction of sp³-hybridized carbons (Fsp3) is 0.310. The molecule has 0 atom stereocenters. The summed E-state index contributed by atoms with van der Waals surface area (Å²) < 4.78 is 11.6. The molecule has 7 heteroatoms. The Morgan fingerprint density at radius 2 is 1.83 bits per heavy atom. The number of para-hydroxylation sites is 1. The summed E-state index contributed by atoms with van der Waals surface area (Å²) in [5, 5.41) is 4.34. The topological polar surface area (TPSA) is 59.5 Å². The van der Waals surface area contributed by atoms with Gasteiger partial charge >= 0.3 is 0 Å². The van der Waals surface area contributed by atoms with E-state index in [9.17, 15) is 0 Å². The maximum atomic E-state index is 6.33. The molecule has 3 heterocycles. The minimum atomic E-state index is -0.0367. The molecule has 2 aromatic heterocycles. The highest BCUT2D eigenvalue weighted by atomic mass is 32.1. The third-order valence-electron chi connectivity index (χ3n) is 6.29. The third-order valence-corrected chi connectivity index (χ3v) is 7.29. The summed E-state index contributed by atoms with van der Waals surface area (Å²) in [6.07, 6.45) is 2.70. The zero-order chi connectivity index (χ0) is 25.1.